The Morgan fingerprint density at radius 2 is 1.82 bits per heavy atom. The average Bonchev–Trinajstić information content (AvgIpc) is 3.22. The van der Waals surface area contributed by atoms with Crippen molar-refractivity contribution >= 4 is 17.6 Å². The summed E-state index contributed by atoms with van der Waals surface area (Å²) in [5.74, 6) is 0.831. The molecule has 0 spiro atoms. The molecule has 1 saturated heterocycles. The van der Waals surface area contributed by atoms with Gasteiger partial charge in [-0.15, -0.1) is 10.2 Å². The highest BCUT2D eigenvalue weighted by Gasteiger charge is 2.25. The van der Waals surface area contributed by atoms with Crippen molar-refractivity contribution in [1.82, 2.24) is 20.0 Å². The van der Waals surface area contributed by atoms with Crippen molar-refractivity contribution in [2.45, 2.75) is 26.2 Å². The zero-order chi connectivity index (χ0) is 26.9. The largest absolute Gasteiger partial charge is 0.497 e. The molecule has 0 atom stereocenters. The molecule has 1 aliphatic heterocycles. The van der Waals surface area contributed by atoms with Gasteiger partial charge in [0.05, 0.1) is 12.8 Å². The molecule has 0 N–H and O–H groups in total. The molecule has 0 radical (unpaired) electrons. The summed E-state index contributed by atoms with van der Waals surface area (Å²) in [6, 6.07) is 17.0. The van der Waals surface area contributed by atoms with Crippen LogP contribution in [-0.2, 0) is 4.79 Å². The first kappa shape index (κ1) is 27.0. The van der Waals surface area contributed by atoms with Crippen molar-refractivity contribution in [2.24, 2.45) is 0 Å². The molecule has 1 aromatic heterocycles. The molecular formula is C29H34FN5O3. The number of halogens is 1. The van der Waals surface area contributed by atoms with E-state index in [9.17, 15) is 14.0 Å². The van der Waals surface area contributed by atoms with Crippen LogP contribution in [0.3, 0.4) is 0 Å². The maximum absolute atomic E-state index is 13.3. The molecule has 1 fully saturated rings. The molecule has 1 aliphatic rings. The maximum Gasteiger partial charge on any atom is 0.254 e. The first-order chi connectivity index (χ1) is 18.5. The van der Waals surface area contributed by atoms with Gasteiger partial charge in [-0.2, -0.15) is 0 Å². The summed E-state index contributed by atoms with van der Waals surface area (Å²) in [6.45, 7) is 5.15. The number of carbonyl (C=O) groups excluding carboxylic acids is 2. The van der Waals surface area contributed by atoms with Gasteiger partial charge >= 0.3 is 0 Å². The van der Waals surface area contributed by atoms with Crippen LogP contribution in [0.15, 0.2) is 60.7 Å². The third kappa shape index (κ3) is 6.85. The third-order valence-corrected chi connectivity index (χ3v) is 6.67. The number of aromatic nitrogens is 2. The highest BCUT2D eigenvalue weighted by molar-refractivity contribution is 5.96. The Morgan fingerprint density at radius 3 is 2.53 bits per heavy atom. The Kier molecular flexibility index (Phi) is 9.24. The predicted molar refractivity (Wildman–Crippen MR) is 145 cm³/mol. The van der Waals surface area contributed by atoms with Crippen molar-refractivity contribution in [1.29, 1.82) is 0 Å². The van der Waals surface area contributed by atoms with Crippen molar-refractivity contribution < 1.29 is 18.7 Å². The molecule has 3 aromatic rings. The van der Waals surface area contributed by atoms with Gasteiger partial charge in [-0.1, -0.05) is 19.4 Å². The van der Waals surface area contributed by atoms with Gasteiger partial charge in [-0.3, -0.25) is 9.59 Å². The van der Waals surface area contributed by atoms with Crippen LogP contribution in [0.4, 0.5) is 10.2 Å². The van der Waals surface area contributed by atoms with Crippen molar-refractivity contribution in [3.63, 3.8) is 0 Å². The third-order valence-electron chi connectivity index (χ3n) is 6.67. The van der Waals surface area contributed by atoms with E-state index in [2.05, 4.69) is 22.0 Å². The lowest BCUT2D eigenvalue weighted by Crippen LogP contribution is -2.44. The van der Waals surface area contributed by atoms with Gasteiger partial charge in [0.25, 0.3) is 5.91 Å². The van der Waals surface area contributed by atoms with Crippen LogP contribution >= 0.6 is 0 Å². The van der Waals surface area contributed by atoms with E-state index in [-0.39, 0.29) is 24.2 Å². The van der Waals surface area contributed by atoms with Gasteiger partial charge in [0.1, 0.15) is 18.1 Å². The Labute approximate surface area is 223 Å². The Hall–Kier alpha value is -4.01. The molecule has 200 valence electrons. The average molecular weight is 520 g/mol. The van der Waals surface area contributed by atoms with E-state index in [0.717, 1.165) is 37.2 Å². The van der Waals surface area contributed by atoms with Gasteiger partial charge in [-0.25, -0.2) is 4.39 Å². The maximum atomic E-state index is 13.3. The summed E-state index contributed by atoms with van der Waals surface area (Å²) in [4.78, 5) is 32.1. The highest BCUT2D eigenvalue weighted by atomic mass is 19.1. The molecule has 38 heavy (non-hydrogen) atoms. The monoisotopic (exact) mass is 519 g/mol. The van der Waals surface area contributed by atoms with Gasteiger partial charge in [0.15, 0.2) is 5.82 Å². The molecule has 0 saturated carbocycles. The molecule has 2 amide bonds. The zero-order valence-corrected chi connectivity index (χ0v) is 22.0. The van der Waals surface area contributed by atoms with E-state index in [1.807, 2.05) is 17.0 Å². The number of hydrogen-bond acceptors (Lipinski definition) is 6. The van der Waals surface area contributed by atoms with Gasteiger partial charge in [0.2, 0.25) is 5.91 Å². The van der Waals surface area contributed by atoms with E-state index >= 15 is 0 Å². The second kappa shape index (κ2) is 13.0. The van der Waals surface area contributed by atoms with E-state index in [0.29, 0.717) is 43.2 Å². The lowest BCUT2D eigenvalue weighted by Gasteiger charge is -2.27. The number of ether oxygens (including phenoxy) is 1. The quantitative estimate of drug-likeness (QED) is 0.420. The van der Waals surface area contributed by atoms with E-state index < -0.39 is 0 Å². The summed E-state index contributed by atoms with van der Waals surface area (Å²) < 4.78 is 18.5. The first-order valence-electron chi connectivity index (χ1n) is 13.0. The second-order valence-corrected chi connectivity index (χ2v) is 9.32. The van der Waals surface area contributed by atoms with Crippen molar-refractivity contribution in [3.8, 4) is 17.0 Å². The van der Waals surface area contributed by atoms with Gasteiger partial charge in [0, 0.05) is 43.9 Å². The fourth-order valence-corrected chi connectivity index (χ4v) is 4.47. The number of carbonyl (C=O) groups is 2. The second-order valence-electron chi connectivity index (χ2n) is 9.32. The van der Waals surface area contributed by atoms with Crippen LogP contribution in [0.5, 0.6) is 5.75 Å². The van der Waals surface area contributed by atoms with Crippen LogP contribution in [-0.4, -0.2) is 78.2 Å². The van der Waals surface area contributed by atoms with E-state index in [4.69, 9.17) is 4.74 Å². The fraction of sp³-hybridized carbons (Fsp3) is 0.379. The minimum Gasteiger partial charge on any atom is -0.497 e. The Bertz CT molecular complexity index is 1220. The molecule has 0 bridgehead atoms. The van der Waals surface area contributed by atoms with Crippen LogP contribution in [0.25, 0.3) is 11.3 Å². The van der Waals surface area contributed by atoms with Crippen LogP contribution in [0, 0.1) is 5.82 Å². The molecule has 4 rings (SSSR count). The number of anilines is 1. The summed E-state index contributed by atoms with van der Waals surface area (Å²) in [6.07, 6.45) is 2.53. The molecule has 9 heteroatoms. The van der Waals surface area contributed by atoms with Crippen LogP contribution in [0.2, 0.25) is 0 Å². The topological polar surface area (TPSA) is 78.9 Å². The zero-order valence-electron chi connectivity index (χ0n) is 22.0. The smallest absolute Gasteiger partial charge is 0.254 e. The minimum absolute atomic E-state index is 0.0439. The summed E-state index contributed by atoms with van der Waals surface area (Å²) in [5.41, 5.74) is 1.99. The molecule has 2 heterocycles. The first-order valence-corrected chi connectivity index (χ1v) is 13.0. The fourth-order valence-electron chi connectivity index (χ4n) is 4.47. The number of benzene rings is 2. The molecule has 0 aliphatic carbocycles. The molecular weight excluding hydrogens is 485 g/mol. The highest BCUT2D eigenvalue weighted by Crippen LogP contribution is 2.20. The summed E-state index contributed by atoms with van der Waals surface area (Å²) >= 11 is 0. The number of nitrogens with zero attached hydrogens (tertiary/aromatic N) is 5. The standard InChI is InChI=1S/C29H34FN5O3/c1-3-4-15-35(29(37)23-7-5-8-25(20-23)38-2)21-28(36)34-17-6-16-33(18-19-34)27-14-13-26(31-32-27)22-9-11-24(30)12-10-22/h5,7-14,20H,3-4,6,15-19,21H2,1-2H3. The van der Waals surface area contributed by atoms with Crippen molar-refractivity contribution in [2.75, 3.05) is 51.3 Å². The minimum atomic E-state index is -0.292. The Morgan fingerprint density at radius 1 is 1.00 bits per heavy atom. The number of rotatable bonds is 9. The Balaban J connectivity index is 1.38. The molecule has 8 nitrogen and oxygen atoms in total. The number of amides is 2. The number of methoxy groups -OCH3 is 1. The SMILES string of the molecule is CCCCN(CC(=O)N1CCCN(c2ccc(-c3ccc(F)cc3)nn2)CC1)C(=O)c1cccc(OC)c1. The van der Waals surface area contributed by atoms with E-state index in [1.165, 1.54) is 12.1 Å². The van der Waals surface area contributed by atoms with Crippen molar-refractivity contribution in [3.05, 3.63) is 72.0 Å². The van der Waals surface area contributed by atoms with Gasteiger partial charge in [-0.05, 0) is 67.4 Å². The number of unbranched alkanes of at least 4 members (excludes halogenated alkanes) is 1. The lowest BCUT2D eigenvalue weighted by atomic mass is 10.1. The summed E-state index contributed by atoms with van der Waals surface area (Å²) in [5, 5.41) is 8.70. The lowest BCUT2D eigenvalue weighted by molar-refractivity contribution is -0.131. The van der Waals surface area contributed by atoms with E-state index in [1.54, 1.807) is 48.4 Å². The number of hydrogen-bond donors (Lipinski definition) is 0. The predicted octanol–water partition coefficient (Wildman–Crippen LogP) is 4.27. The van der Waals surface area contributed by atoms with Crippen LogP contribution < -0.4 is 9.64 Å². The summed E-state index contributed by atoms with van der Waals surface area (Å²) in [7, 11) is 1.57. The normalized spacial score (nSPS) is 13.7. The molecule has 0 unspecified atom stereocenters. The van der Waals surface area contributed by atoms with Crippen LogP contribution in [0.1, 0.15) is 36.5 Å². The molecule has 2 aromatic carbocycles. The van der Waals surface area contributed by atoms with Gasteiger partial charge < -0.3 is 19.4 Å².